The average Bonchev–Trinajstić information content (AvgIpc) is 2.17. The van der Waals surface area contributed by atoms with E-state index in [9.17, 15) is 8.42 Å². The second-order valence-corrected chi connectivity index (χ2v) is 5.17. The summed E-state index contributed by atoms with van der Waals surface area (Å²) in [5, 5.41) is 0. The Hall–Kier alpha value is -0.170. The fraction of sp³-hybridized carbons (Fsp3) is 1.00. The molecule has 0 aromatic carbocycles. The predicted molar refractivity (Wildman–Crippen MR) is 62.6 cm³/mol. The maximum Gasteiger partial charge on any atom is 0.276 e. The molecule has 0 amide bonds. The van der Waals surface area contributed by atoms with E-state index >= 15 is 0 Å². The fourth-order valence-corrected chi connectivity index (χ4v) is 2.40. The quantitative estimate of drug-likeness (QED) is 0.563. The highest BCUT2D eigenvalue weighted by molar-refractivity contribution is 7.87. The first-order valence-corrected chi connectivity index (χ1v) is 6.94. The van der Waals surface area contributed by atoms with E-state index in [1.807, 2.05) is 0 Å². The second kappa shape index (κ2) is 7.16. The Balaban J connectivity index is 4.04. The molecule has 0 aromatic heterocycles. The van der Waals surface area contributed by atoms with Gasteiger partial charge in [0.15, 0.2) is 0 Å². The van der Waals surface area contributed by atoms with Gasteiger partial charge in [0, 0.05) is 19.1 Å². The Kier molecular flexibility index (Phi) is 7.08. The van der Waals surface area contributed by atoms with Gasteiger partial charge >= 0.3 is 0 Å². The Morgan fingerprint density at radius 2 is 1.67 bits per heavy atom. The average molecular weight is 237 g/mol. The minimum atomic E-state index is -3.36. The summed E-state index contributed by atoms with van der Waals surface area (Å²) in [7, 11) is -3.36. The number of nitrogens with two attached hydrogens (primary N) is 1. The lowest BCUT2D eigenvalue weighted by molar-refractivity contribution is 0.392. The highest BCUT2D eigenvalue weighted by Crippen LogP contribution is 2.10. The van der Waals surface area contributed by atoms with E-state index < -0.39 is 10.2 Å². The van der Waals surface area contributed by atoms with Crippen molar-refractivity contribution in [1.29, 1.82) is 0 Å². The van der Waals surface area contributed by atoms with Gasteiger partial charge in [-0.2, -0.15) is 8.42 Å². The van der Waals surface area contributed by atoms with Gasteiger partial charge in [-0.1, -0.05) is 33.6 Å². The van der Waals surface area contributed by atoms with Crippen molar-refractivity contribution >= 4 is 10.2 Å². The van der Waals surface area contributed by atoms with Crippen molar-refractivity contribution in [3.05, 3.63) is 0 Å². The Bertz CT molecular complexity index is 250. The van der Waals surface area contributed by atoms with Crippen LogP contribution in [0.25, 0.3) is 0 Å². The molecule has 0 aromatic rings. The molecule has 5 nitrogen and oxygen atoms in total. The second-order valence-electron chi connectivity index (χ2n) is 3.59. The molecule has 1 unspecified atom stereocenters. The minimum Gasteiger partial charge on any atom is -0.326 e. The molecule has 0 aliphatic carbocycles. The van der Waals surface area contributed by atoms with Crippen LogP contribution in [0.2, 0.25) is 0 Å². The van der Waals surface area contributed by atoms with Crippen molar-refractivity contribution in [3.63, 3.8) is 0 Å². The number of rotatable bonds is 8. The molecular weight excluding hydrogens is 214 g/mol. The van der Waals surface area contributed by atoms with Gasteiger partial charge in [0.05, 0.1) is 0 Å². The minimum absolute atomic E-state index is 0.117. The van der Waals surface area contributed by atoms with E-state index in [0.29, 0.717) is 19.0 Å². The van der Waals surface area contributed by atoms with Gasteiger partial charge in [-0.15, -0.1) is 0 Å². The molecular formula is C9H23N3O2S. The third-order valence-corrected chi connectivity index (χ3v) is 3.71. The third-order valence-electron chi connectivity index (χ3n) is 2.50. The highest BCUT2D eigenvalue weighted by Gasteiger charge is 2.16. The Labute approximate surface area is 93.0 Å². The van der Waals surface area contributed by atoms with Crippen LogP contribution < -0.4 is 15.2 Å². The van der Waals surface area contributed by atoms with Crippen LogP contribution in [0.15, 0.2) is 0 Å². The summed E-state index contributed by atoms with van der Waals surface area (Å²) in [6.45, 7) is 6.54. The largest absolute Gasteiger partial charge is 0.326 e. The van der Waals surface area contributed by atoms with E-state index in [1.165, 1.54) is 0 Å². The smallest absolute Gasteiger partial charge is 0.276 e. The summed E-state index contributed by atoms with van der Waals surface area (Å²) < 4.78 is 27.3. The number of nitrogens with one attached hydrogen (secondary N) is 2. The van der Waals surface area contributed by atoms with Gasteiger partial charge in [0.2, 0.25) is 0 Å². The van der Waals surface area contributed by atoms with Crippen LogP contribution in [-0.2, 0) is 10.2 Å². The highest BCUT2D eigenvalue weighted by atomic mass is 32.2. The first-order valence-electron chi connectivity index (χ1n) is 5.46. The van der Waals surface area contributed by atoms with E-state index in [2.05, 4.69) is 23.3 Å². The molecule has 0 saturated heterocycles. The van der Waals surface area contributed by atoms with Gasteiger partial charge in [-0.05, 0) is 5.92 Å². The molecule has 0 fully saturated rings. The molecule has 0 bridgehead atoms. The van der Waals surface area contributed by atoms with E-state index in [0.717, 1.165) is 12.8 Å². The summed E-state index contributed by atoms with van der Waals surface area (Å²) >= 11 is 0. The molecule has 15 heavy (non-hydrogen) atoms. The first kappa shape index (κ1) is 14.8. The molecule has 92 valence electrons. The molecule has 1 atom stereocenters. The van der Waals surface area contributed by atoms with Crippen LogP contribution in [0.5, 0.6) is 0 Å². The number of hydrogen-bond donors (Lipinski definition) is 3. The molecule has 0 saturated carbocycles. The van der Waals surface area contributed by atoms with Crippen molar-refractivity contribution in [2.45, 2.75) is 39.7 Å². The first-order chi connectivity index (χ1) is 6.96. The summed E-state index contributed by atoms with van der Waals surface area (Å²) in [6, 6.07) is -0.117. The zero-order valence-electron chi connectivity index (χ0n) is 9.79. The summed E-state index contributed by atoms with van der Waals surface area (Å²) in [4.78, 5) is 0. The van der Waals surface area contributed by atoms with E-state index in [-0.39, 0.29) is 6.04 Å². The summed E-state index contributed by atoms with van der Waals surface area (Å²) in [5.74, 6) is 0.370. The van der Waals surface area contributed by atoms with Gasteiger partial charge < -0.3 is 5.73 Å². The van der Waals surface area contributed by atoms with Crippen molar-refractivity contribution < 1.29 is 8.42 Å². The van der Waals surface area contributed by atoms with Crippen LogP contribution in [0.4, 0.5) is 0 Å². The fourth-order valence-electron chi connectivity index (χ4n) is 1.51. The normalized spacial score (nSPS) is 14.5. The Morgan fingerprint density at radius 3 is 2.07 bits per heavy atom. The maximum atomic E-state index is 11.3. The van der Waals surface area contributed by atoms with Gasteiger partial charge in [0.1, 0.15) is 0 Å². The predicted octanol–water partition coefficient (Wildman–Crippen LogP) is 0.194. The SMILES string of the molecule is CCNS(=O)(=O)NCC(N)C(CC)CC. The molecule has 4 N–H and O–H groups in total. The van der Waals surface area contributed by atoms with Gasteiger partial charge in [-0.3, -0.25) is 0 Å². The van der Waals surface area contributed by atoms with Crippen LogP contribution in [0.1, 0.15) is 33.6 Å². The van der Waals surface area contributed by atoms with E-state index in [4.69, 9.17) is 5.73 Å². The lowest BCUT2D eigenvalue weighted by Gasteiger charge is -2.21. The Morgan fingerprint density at radius 1 is 1.13 bits per heavy atom. The van der Waals surface area contributed by atoms with Crippen LogP contribution in [-0.4, -0.2) is 27.5 Å². The van der Waals surface area contributed by atoms with Gasteiger partial charge in [-0.25, -0.2) is 9.44 Å². The summed E-state index contributed by atoms with van der Waals surface area (Å²) in [6.07, 6.45) is 1.95. The van der Waals surface area contributed by atoms with Crippen LogP contribution >= 0.6 is 0 Å². The molecule has 0 heterocycles. The molecule has 0 radical (unpaired) electrons. The lowest BCUT2D eigenvalue weighted by Crippen LogP contribution is -2.45. The van der Waals surface area contributed by atoms with Crippen LogP contribution in [0.3, 0.4) is 0 Å². The molecule has 6 heteroatoms. The van der Waals surface area contributed by atoms with Crippen LogP contribution in [0, 0.1) is 5.92 Å². The summed E-state index contributed by atoms with van der Waals surface area (Å²) in [5.41, 5.74) is 5.89. The number of hydrogen-bond acceptors (Lipinski definition) is 3. The van der Waals surface area contributed by atoms with Gasteiger partial charge in [0.25, 0.3) is 10.2 Å². The molecule has 0 rings (SSSR count). The van der Waals surface area contributed by atoms with Crippen molar-refractivity contribution in [3.8, 4) is 0 Å². The van der Waals surface area contributed by atoms with Crippen molar-refractivity contribution in [1.82, 2.24) is 9.44 Å². The van der Waals surface area contributed by atoms with Crippen molar-refractivity contribution in [2.75, 3.05) is 13.1 Å². The zero-order chi connectivity index (χ0) is 11.9. The van der Waals surface area contributed by atoms with Crippen molar-refractivity contribution in [2.24, 2.45) is 11.7 Å². The third kappa shape index (κ3) is 6.09. The zero-order valence-corrected chi connectivity index (χ0v) is 10.6. The monoisotopic (exact) mass is 237 g/mol. The standard InChI is InChI=1S/C9H23N3O2S/c1-4-8(5-2)9(10)7-12-15(13,14)11-6-3/h8-9,11-12H,4-7,10H2,1-3H3. The molecule has 0 aliphatic heterocycles. The maximum absolute atomic E-state index is 11.3. The van der Waals surface area contributed by atoms with E-state index in [1.54, 1.807) is 6.92 Å². The lowest BCUT2D eigenvalue weighted by atomic mass is 9.95. The topological polar surface area (TPSA) is 84.2 Å². The molecule has 0 aliphatic rings. The molecule has 0 spiro atoms.